The van der Waals surface area contributed by atoms with E-state index in [9.17, 15) is 108 Å². The first-order chi connectivity index (χ1) is 66.4. The van der Waals surface area contributed by atoms with Crippen molar-refractivity contribution in [1.29, 1.82) is 0 Å². The number of unbranched alkanes of at least 4 members (excludes halogenated alkanes) is 9. The number of benzene rings is 1. The van der Waals surface area contributed by atoms with Crippen molar-refractivity contribution in [2.75, 3.05) is 112 Å². The summed E-state index contributed by atoms with van der Waals surface area (Å²) >= 11 is 0. The Morgan fingerprint density at radius 2 is 0.636 bits per heavy atom. The largest absolute Gasteiger partial charge is 0.463 e. The molecular weight excluding hydrogens is 1880 g/mol. The molecule has 4 fully saturated rings. The third kappa shape index (κ3) is 44.1. The SMILES string of the molecule is CC(=O)NC1C(OCCCCCCNC(=O)CCOCC(COCCC(=O)NCCCCCCOC2OC(COC(C)=O)C(OC(C)=O)C(OC(C)=O)C2NC(C)=O)(COCCC(=O)NCCCCCCOC2OC(COC(C)=O)C(OC(C)=O)C(OC(C)=O)C2NC(C)=O)NC(=O)C2CCN(C(=O)CCCC(=O)Cc3c(F)c(F)c(F)c(F)c3F)CC2)OC(COC(C)=O)C(OC(C)=O)C1OC(C)=O. The van der Waals surface area contributed by atoms with Crippen molar-refractivity contribution in [2.45, 2.75) is 315 Å². The minimum absolute atomic E-state index is 0.0197. The molecule has 15 atom stereocenters. The van der Waals surface area contributed by atoms with E-state index in [-0.39, 0.29) is 117 Å². The number of ether oxygens (including phenoxy) is 18. The topological polar surface area (TPSA) is 561 Å². The number of hydrogen-bond donors (Lipinski definition) is 7. The van der Waals surface area contributed by atoms with Gasteiger partial charge in [0.25, 0.3) is 0 Å². The van der Waals surface area contributed by atoms with Crippen molar-refractivity contribution in [3.63, 3.8) is 0 Å². The quantitative estimate of drug-likeness (QED) is 0.0123. The monoisotopic (exact) mass is 2010 g/mol. The zero-order chi connectivity index (χ0) is 104. The van der Waals surface area contributed by atoms with Crippen molar-refractivity contribution >= 4 is 107 Å². The zero-order valence-corrected chi connectivity index (χ0v) is 81.1. The van der Waals surface area contributed by atoms with E-state index in [0.29, 0.717) is 77.0 Å². The molecule has 7 N–H and O–H groups in total. The number of nitrogens with one attached hydrogen (secondary N) is 7. The number of ketones is 1. The minimum Gasteiger partial charge on any atom is -0.463 e. The summed E-state index contributed by atoms with van der Waals surface area (Å²) in [6, 6.07) is -3.53. The molecule has 4 aliphatic heterocycles. The van der Waals surface area contributed by atoms with E-state index in [1.165, 1.54) is 25.7 Å². The van der Waals surface area contributed by atoms with Gasteiger partial charge < -0.3 is 127 Å². The second-order valence-corrected chi connectivity index (χ2v) is 34.0. The molecule has 4 saturated heterocycles. The Morgan fingerprint density at radius 3 is 0.929 bits per heavy atom. The Bertz CT molecular complexity index is 3950. The predicted molar refractivity (Wildman–Crippen MR) is 470 cm³/mol. The highest BCUT2D eigenvalue weighted by Gasteiger charge is 2.55. The molecule has 8 amide bonds. The molecule has 5 rings (SSSR count). The van der Waals surface area contributed by atoms with Gasteiger partial charge in [-0.2, -0.15) is 0 Å². The summed E-state index contributed by atoms with van der Waals surface area (Å²) < 4.78 is 174. The van der Waals surface area contributed by atoms with Crippen LogP contribution in [0.5, 0.6) is 0 Å². The van der Waals surface area contributed by atoms with E-state index >= 15 is 0 Å². The van der Waals surface area contributed by atoms with Crippen LogP contribution in [0.25, 0.3) is 0 Å². The van der Waals surface area contributed by atoms with Crippen LogP contribution in [0.2, 0.25) is 0 Å². The number of nitrogens with zero attached hydrogens (tertiary/aromatic N) is 1. The van der Waals surface area contributed by atoms with Crippen LogP contribution in [0.3, 0.4) is 0 Å². The average Bonchev–Trinajstić information content (AvgIpc) is 0.791. The molecule has 0 bridgehead atoms. The van der Waals surface area contributed by atoms with Crippen molar-refractivity contribution in [3.8, 4) is 0 Å². The van der Waals surface area contributed by atoms with Gasteiger partial charge >= 0.3 is 53.7 Å². The van der Waals surface area contributed by atoms with Crippen LogP contribution >= 0.6 is 0 Å². The second kappa shape index (κ2) is 63.2. The van der Waals surface area contributed by atoms with Crippen LogP contribution < -0.4 is 37.2 Å². The molecule has 4 aliphatic rings. The van der Waals surface area contributed by atoms with Crippen LogP contribution in [0, 0.1) is 35.0 Å². The lowest BCUT2D eigenvalue weighted by Gasteiger charge is -2.44. The van der Waals surface area contributed by atoms with Gasteiger partial charge in [-0.15, -0.1) is 0 Å². The third-order valence-corrected chi connectivity index (χ3v) is 21.9. The van der Waals surface area contributed by atoms with E-state index < -0.39 is 297 Å². The van der Waals surface area contributed by atoms with Crippen molar-refractivity contribution in [1.82, 2.24) is 42.1 Å². The Morgan fingerprint density at radius 1 is 0.343 bits per heavy atom. The van der Waals surface area contributed by atoms with Crippen LogP contribution in [0.1, 0.15) is 217 Å². The highest BCUT2D eigenvalue weighted by Crippen LogP contribution is 2.34. The number of rotatable bonds is 62. The fraction of sp³-hybridized carbons (Fsp3) is 0.736. The van der Waals surface area contributed by atoms with Crippen LogP contribution in [-0.4, -0.2) is 321 Å². The molecule has 0 radical (unpaired) electrons. The maximum absolute atomic E-state index is 14.7. The molecule has 1 aromatic carbocycles. The first kappa shape index (κ1) is 120. The standard InChI is InChI=1S/C91H135F5N8O36/c1-51(105)100-78-84(135-60(10)114)81(132-57(7)111)66(45-129-54(4)108)138-88(78)126-38-22-16-13-19-33-97-69(118)30-41-123-48-91(103-87(122)63-28-36-104(37-29-63)72(121)27-25-26-64(117)44-65-73(92)75(94)77(96)76(95)74(65)93,49-124-42-31-70(119)98-34-20-14-17-23-39-127-89-79(101-52(2)106)85(136-61(11)115)82(133-58(8)112)67(139-89)46-130-55(5)109)50-125-43-32-71(120)99-35-21-15-18-24-40-128-90-80(102-53(3)107)86(137-62(12)116)83(134-59(9)113)68(140-90)47-131-56(6)110/h63,66-68,78-86,88-90H,13-50H2,1-12H3,(H,97,118)(H,98,119)(H,99,120)(H,100,105)(H,101,106)(H,102,107)(H,103,122). The number of Topliss-reactive ketones (excluding diaryl/α,β-unsaturated/α-hetero) is 1. The fourth-order valence-corrected chi connectivity index (χ4v) is 15.6. The van der Waals surface area contributed by atoms with Crippen LogP contribution in [0.15, 0.2) is 0 Å². The van der Waals surface area contributed by atoms with E-state index in [4.69, 9.17) is 85.3 Å². The molecule has 0 aromatic heterocycles. The number of likely N-dealkylation sites (tertiary alicyclic amines) is 1. The van der Waals surface area contributed by atoms with Gasteiger partial charge in [0.2, 0.25) is 53.1 Å². The summed E-state index contributed by atoms with van der Waals surface area (Å²) in [6.45, 7) is 11.3. The molecule has 44 nitrogen and oxygen atoms in total. The summed E-state index contributed by atoms with van der Waals surface area (Å²) in [5, 5.41) is 19.5. The number of piperidine rings is 1. The fourth-order valence-electron chi connectivity index (χ4n) is 15.6. The number of carbonyl (C=O) groups is 18. The van der Waals surface area contributed by atoms with Crippen molar-refractivity contribution in [3.05, 3.63) is 34.6 Å². The van der Waals surface area contributed by atoms with E-state index in [1.807, 2.05) is 0 Å². The molecule has 1 aromatic rings. The van der Waals surface area contributed by atoms with Gasteiger partial charge in [-0.25, -0.2) is 22.0 Å². The number of esters is 9. The summed E-state index contributed by atoms with van der Waals surface area (Å²) in [5.74, 6) is -23.6. The van der Waals surface area contributed by atoms with Crippen LogP contribution in [0.4, 0.5) is 22.0 Å². The molecule has 0 spiro atoms. The first-order valence-corrected chi connectivity index (χ1v) is 46.6. The lowest BCUT2D eigenvalue weighted by molar-refractivity contribution is -0.277. The third-order valence-electron chi connectivity index (χ3n) is 21.9. The number of halogens is 5. The van der Waals surface area contributed by atoms with Gasteiger partial charge in [0, 0.05) is 186 Å². The Labute approximate surface area is 807 Å². The maximum Gasteiger partial charge on any atom is 0.303 e. The number of hydrogen-bond acceptors (Lipinski definition) is 36. The van der Waals surface area contributed by atoms with Gasteiger partial charge in [0.15, 0.2) is 78.8 Å². The highest BCUT2D eigenvalue weighted by molar-refractivity contribution is 5.84. The smallest absolute Gasteiger partial charge is 0.303 e. The van der Waals surface area contributed by atoms with E-state index in [1.54, 1.807) is 0 Å². The summed E-state index contributed by atoms with van der Waals surface area (Å²) in [4.78, 5) is 229. The van der Waals surface area contributed by atoms with Gasteiger partial charge in [0.1, 0.15) is 67.6 Å². The average molecular weight is 2010 g/mol. The lowest BCUT2D eigenvalue weighted by atomic mass is 9.93. The van der Waals surface area contributed by atoms with Crippen molar-refractivity contribution < 1.29 is 194 Å². The van der Waals surface area contributed by atoms with Gasteiger partial charge in [-0.1, -0.05) is 38.5 Å². The van der Waals surface area contributed by atoms with Gasteiger partial charge in [-0.3, -0.25) is 86.3 Å². The molecule has 0 aliphatic carbocycles. The van der Waals surface area contributed by atoms with E-state index in [0.717, 1.165) is 62.3 Å². The Balaban J connectivity index is 1.27. The van der Waals surface area contributed by atoms with Crippen molar-refractivity contribution in [2.24, 2.45) is 5.92 Å². The molecule has 790 valence electrons. The lowest BCUT2D eigenvalue weighted by Crippen LogP contribution is -2.66. The van der Waals surface area contributed by atoms with E-state index in [2.05, 4.69) is 37.2 Å². The van der Waals surface area contributed by atoms with Gasteiger partial charge in [-0.05, 0) is 57.8 Å². The van der Waals surface area contributed by atoms with Crippen LogP contribution in [-0.2, 0) is 178 Å². The molecule has 140 heavy (non-hydrogen) atoms. The number of amides is 8. The molecule has 4 heterocycles. The highest BCUT2D eigenvalue weighted by atomic mass is 19.2. The van der Waals surface area contributed by atoms with Gasteiger partial charge in [0.05, 0.1) is 39.6 Å². The summed E-state index contributed by atoms with van der Waals surface area (Å²) in [7, 11) is 0. The minimum atomic E-state index is -2.39. The Kier molecular flexibility index (Phi) is 54.0. The molecule has 15 unspecified atom stereocenters. The molecule has 0 saturated carbocycles. The zero-order valence-electron chi connectivity index (χ0n) is 81.1. The normalized spacial score (nSPS) is 22.1. The Hall–Kier alpha value is -10.8. The number of carbonyl (C=O) groups excluding carboxylic acids is 18. The second-order valence-electron chi connectivity index (χ2n) is 34.0. The maximum atomic E-state index is 14.7. The molecule has 49 heteroatoms. The first-order valence-electron chi connectivity index (χ1n) is 46.6. The predicted octanol–water partition coefficient (Wildman–Crippen LogP) is 3.03. The summed E-state index contributed by atoms with van der Waals surface area (Å²) in [5.41, 5.74) is -2.96. The summed E-state index contributed by atoms with van der Waals surface area (Å²) in [6.07, 6.45) is -11.7. The molecular formula is C91H135F5N8O36.